The molecule has 0 aliphatic carbocycles. The molecule has 0 radical (unpaired) electrons. The van der Waals surface area contributed by atoms with Crippen LogP contribution in [0.1, 0.15) is 11.3 Å². The summed E-state index contributed by atoms with van der Waals surface area (Å²) < 4.78 is 37.8. The molecule has 1 saturated heterocycles. The molecule has 0 atom stereocenters. The Hall–Kier alpha value is -1.83. The Morgan fingerprint density at radius 1 is 1.14 bits per heavy atom. The van der Waals surface area contributed by atoms with E-state index in [9.17, 15) is 13.2 Å². The van der Waals surface area contributed by atoms with E-state index in [0.717, 1.165) is 41.2 Å². The average molecular weight is 328 g/mol. The van der Waals surface area contributed by atoms with Crippen molar-refractivity contribution in [3.05, 3.63) is 35.0 Å². The number of nitrogens with zero attached hydrogens (tertiary/aromatic N) is 4. The smallest absolute Gasteiger partial charge is 0.353 e. The van der Waals surface area contributed by atoms with Crippen LogP contribution in [-0.2, 0) is 6.18 Å². The Morgan fingerprint density at radius 2 is 1.82 bits per heavy atom. The lowest BCUT2D eigenvalue weighted by molar-refractivity contribution is -0.140. The molecule has 0 amide bonds. The second-order valence-electron chi connectivity index (χ2n) is 5.18. The van der Waals surface area contributed by atoms with Crippen LogP contribution in [0.5, 0.6) is 0 Å². The van der Waals surface area contributed by atoms with Gasteiger partial charge in [-0.1, -0.05) is 0 Å². The number of aryl methyl sites for hydroxylation is 1. The van der Waals surface area contributed by atoms with Gasteiger partial charge in [-0.2, -0.15) is 13.2 Å². The molecule has 1 aliphatic heterocycles. The van der Waals surface area contributed by atoms with Crippen LogP contribution in [0.25, 0.3) is 0 Å². The van der Waals surface area contributed by atoms with Crippen LogP contribution < -0.4 is 9.80 Å². The Kier molecular flexibility index (Phi) is 3.94. The van der Waals surface area contributed by atoms with Crippen LogP contribution in [0.4, 0.5) is 24.1 Å². The summed E-state index contributed by atoms with van der Waals surface area (Å²) >= 11 is 1.04. The van der Waals surface area contributed by atoms with Crippen LogP contribution in [-0.4, -0.2) is 36.1 Å². The van der Waals surface area contributed by atoms with E-state index in [0.29, 0.717) is 18.2 Å². The maximum Gasteiger partial charge on any atom is 0.434 e. The van der Waals surface area contributed by atoms with Gasteiger partial charge in [0.05, 0.1) is 0 Å². The van der Waals surface area contributed by atoms with E-state index in [1.807, 2.05) is 24.0 Å². The number of thiazole rings is 1. The predicted molar refractivity (Wildman–Crippen MR) is 80.5 cm³/mol. The fraction of sp³-hybridized carbons (Fsp3) is 0.429. The average Bonchev–Trinajstić information content (AvgIpc) is 2.97. The molecule has 8 heteroatoms. The summed E-state index contributed by atoms with van der Waals surface area (Å²) in [6.07, 6.45) is -2.60. The standard InChI is InChI=1S/C14H15F3N4S/c1-10-2-3-18-12(8-10)20-4-6-21(7-5-20)13-19-11(9-22-13)14(15,16)17/h2-3,8-9H,4-7H2,1H3. The summed E-state index contributed by atoms with van der Waals surface area (Å²) in [5.74, 6) is 0.912. The molecule has 1 fully saturated rings. The van der Waals surface area contributed by atoms with Crippen molar-refractivity contribution in [1.29, 1.82) is 0 Å². The van der Waals surface area contributed by atoms with E-state index in [4.69, 9.17) is 0 Å². The van der Waals surface area contributed by atoms with Gasteiger partial charge in [-0.25, -0.2) is 9.97 Å². The van der Waals surface area contributed by atoms with Gasteiger partial charge in [-0.3, -0.25) is 0 Å². The molecule has 0 saturated carbocycles. The molecule has 4 nitrogen and oxygen atoms in total. The van der Waals surface area contributed by atoms with Crippen LogP contribution >= 0.6 is 11.3 Å². The molecule has 2 aromatic rings. The maximum atomic E-state index is 12.6. The number of pyridine rings is 1. The van der Waals surface area contributed by atoms with Gasteiger partial charge in [0.2, 0.25) is 0 Å². The monoisotopic (exact) mass is 328 g/mol. The first-order chi connectivity index (χ1) is 10.4. The van der Waals surface area contributed by atoms with Crippen molar-refractivity contribution in [3.8, 4) is 0 Å². The van der Waals surface area contributed by atoms with Gasteiger partial charge in [0, 0.05) is 37.8 Å². The first kappa shape index (κ1) is 15.1. The predicted octanol–water partition coefficient (Wildman–Crippen LogP) is 3.19. The number of rotatable bonds is 2. The molecular formula is C14H15F3N4S. The molecule has 2 aromatic heterocycles. The van der Waals surface area contributed by atoms with Crippen molar-refractivity contribution in [1.82, 2.24) is 9.97 Å². The number of aromatic nitrogens is 2. The third-order valence-electron chi connectivity index (χ3n) is 3.56. The van der Waals surface area contributed by atoms with Crippen molar-refractivity contribution in [3.63, 3.8) is 0 Å². The highest BCUT2D eigenvalue weighted by molar-refractivity contribution is 7.13. The van der Waals surface area contributed by atoms with E-state index in [-0.39, 0.29) is 0 Å². The molecule has 0 N–H and O–H groups in total. The highest BCUT2D eigenvalue weighted by Crippen LogP contribution is 2.33. The minimum atomic E-state index is -4.37. The minimum Gasteiger partial charge on any atom is -0.353 e. The molecule has 118 valence electrons. The third kappa shape index (κ3) is 3.16. The summed E-state index contributed by atoms with van der Waals surface area (Å²) in [4.78, 5) is 12.1. The molecule has 22 heavy (non-hydrogen) atoms. The lowest BCUT2D eigenvalue weighted by Gasteiger charge is -2.35. The molecule has 3 rings (SSSR count). The number of hydrogen-bond donors (Lipinski definition) is 0. The first-order valence-corrected chi connectivity index (χ1v) is 7.77. The molecular weight excluding hydrogens is 313 g/mol. The zero-order chi connectivity index (χ0) is 15.7. The lowest BCUT2D eigenvalue weighted by Crippen LogP contribution is -2.46. The van der Waals surface area contributed by atoms with Crippen molar-refractivity contribution in [2.45, 2.75) is 13.1 Å². The minimum absolute atomic E-state index is 0.434. The van der Waals surface area contributed by atoms with Gasteiger partial charge in [0.15, 0.2) is 10.8 Å². The van der Waals surface area contributed by atoms with Gasteiger partial charge < -0.3 is 9.80 Å². The number of halogens is 3. The Morgan fingerprint density at radius 3 is 2.41 bits per heavy atom. The third-order valence-corrected chi connectivity index (χ3v) is 4.46. The summed E-state index contributed by atoms with van der Waals surface area (Å²) in [6, 6.07) is 3.95. The zero-order valence-corrected chi connectivity index (χ0v) is 12.8. The highest BCUT2D eigenvalue weighted by atomic mass is 32.1. The SMILES string of the molecule is Cc1ccnc(N2CCN(c3nc(C(F)(F)F)cs3)CC2)c1. The second kappa shape index (κ2) is 5.75. The number of alkyl halides is 3. The maximum absolute atomic E-state index is 12.6. The van der Waals surface area contributed by atoms with Gasteiger partial charge >= 0.3 is 6.18 Å². The molecule has 3 heterocycles. The van der Waals surface area contributed by atoms with E-state index in [1.165, 1.54) is 0 Å². The van der Waals surface area contributed by atoms with Gasteiger partial charge in [0.25, 0.3) is 0 Å². The first-order valence-electron chi connectivity index (χ1n) is 6.89. The zero-order valence-electron chi connectivity index (χ0n) is 12.0. The summed E-state index contributed by atoms with van der Waals surface area (Å²) in [5.41, 5.74) is 0.331. The van der Waals surface area contributed by atoms with E-state index < -0.39 is 11.9 Å². The van der Waals surface area contributed by atoms with Gasteiger partial charge in [-0.15, -0.1) is 11.3 Å². The van der Waals surface area contributed by atoms with Crippen molar-refractivity contribution >= 4 is 22.3 Å². The molecule has 1 aliphatic rings. The van der Waals surface area contributed by atoms with Gasteiger partial charge in [0.1, 0.15) is 5.82 Å². The van der Waals surface area contributed by atoms with Crippen molar-refractivity contribution in [2.75, 3.05) is 36.0 Å². The number of hydrogen-bond acceptors (Lipinski definition) is 5. The van der Waals surface area contributed by atoms with E-state index in [2.05, 4.69) is 14.9 Å². The lowest BCUT2D eigenvalue weighted by atomic mass is 10.2. The summed E-state index contributed by atoms with van der Waals surface area (Å²) in [7, 11) is 0. The fourth-order valence-corrected chi connectivity index (χ4v) is 3.25. The quantitative estimate of drug-likeness (QED) is 0.847. The van der Waals surface area contributed by atoms with Crippen molar-refractivity contribution < 1.29 is 13.2 Å². The van der Waals surface area contributed by atoms with Crippen molar-refractivity contribution in [2.24, 2.45) is 0 Å². The van der Waals surface area contributed by atoms with E-state index >= 15 is 0 Å². The summed E-state index contributed by atoms with van der Waals surface area (Å²) in [5, 5.41) is 1.51. The highest BCUT2D eigenvalue weighted by Gasteiger charge is 2.34. The molecule has 0 unspecified atom stereocenters. The van der Waals surface area contributed by atoms with Crippen LogP contribution in [0, 0.1) is 6.92 Å². The molecule has 0 spiro atoms. The number of piperazine rings is 1. The van der Waals surface area contributed by atoms with Gasteiger partial charge in [-0.05, 0) is 24.6 Å². The second-order valence-corrected chi connectivity index (χ2v) is 6.02. The Bertz CT molecular complexity index is 648. The normalized spacial score (nSPS) is 16.2. The Labute approximate surface area is 130 Å². The Balaban J connectivity index is 1.65. The van der Waals surface area contributed by atoms with Crippen LogP contribution in [0.2, 0.25) is 0 Å². The van der Waals surface area contributed by atoms with Crippen LogP contribution in [0.15, 0.2) is 23.7 Å². The topological polar surface area (TPSA) is 32.3 Å². The number of anilines is 2. The fourth-order valence-electron chi connectivity index (χ4n) is 2.36. The summed E-state index contributed by atoms with van der Waals surface area (Å²) in [6.45, 7) is 4.73. The van der Waals surface area contributed by atoms with Crippen LogP contribution in [0.3, 0.4) is 0 Å². The molecule has 0 aromatic carbocycles. The molecule has 0 bridgehead atoms. The van der Waals surface area contributed by atoms with E-state index in [1.54, 1.807) is 6.20 Å². The largest absolute Gasteiger partial charge is 0.434 e.